The molecule has 0 radical (unpaired) electrons. The van der Waals surface area contributed by atoms with Gasteiger partial charge in [0.2, 0.25) is 0 Å². The Morgan fingerprint density at radius 3 is 2.50 bits per heavy atom. The third-order valence-electron chi connectivity index (χ3n) is 2.47. The summed E-state index contributed by atoms with van der Waals surface area (Å²) in [5, 5.41) is 0. The van der Waals surface area contributed by atoms with Crippen LogP contribution < -0.4 is 0 Å². The van der Waals surface area contributed by atoms with E-state index in [0.29, 0.717) is 5.88 Å². The third kappa shape index (κ3) is 2.60. The molecule has 1 aliphatic carbocycles. The van der Waals surface area contributed by atoms with E-state index in [9.17, 15) is 4.21 Å². The van der Waals surface area contributed by atoms with E-state index in [1.165, 1.54) is 0 Å². The van der Waals surface area contributed by atoms with Crippen molar-refractivity contribution >= 4 is 22.4 Å². The minimum absolute atomic E-state index is 0.229. The summed E-state index contributed by atoms with van der Waals surface area (Å²) >= 11 is 5.91. The van der Waals surface area contributed by atoms with Gasteiger partial charge < -0.3 is 0 Å². The third-order valence-corrected chi connectivity index (χ3v) is 3.82. The van der Waals surface area contributed by atoms with Gasteiger partial charge in [-0.15, -0.1) is 11.6 Å². The molecule has 0 N–H and O–H groups in total. The predicted octanol–water partition coefficient (Wildman–Crippen LogP) is 2.33. The van der Waals surface area contributed by atoms with Gasteiger partial charge in [0.15, 0.2) is 0 Å². The van der Waals surface area contributed by atoms with Crippen molar-refractivity contribution in [3.63, 3.8) is 0 Å². The summed E-state index contributed by atoms with van der Waals surface area (Å²) in [4.78, 5) is 0. The summed E-state index contributed by atoms with van der Waals surface area (Å²) in [6.07, 6.45) is 9.24. The standard InChI is InChI=1S/C9H15ClOS/c1-12(11)7-6-9(8-10)4-2-3-5-9/h2-3H,4-8H2,1H3. The monoisotopic (exact) mass is 206 g/mol. The van der Waals surface area contributed by atoms with Crippen molar-refractivity contribution in [1.29, 1.82) is 0 Å². The van der Waals surface area contributed by atoms with Gasteiger partial charge in [-0.3, -0.25) is 4.21 Å². The summed E-state index contributed by atoms with van der Waals surface area (Å²) in [7, 11) is -0.676. The van der Waals surface area contributed by atoms with Crippen molar-refractivity contribution < 1.29 is 4.21 Å². The average molecular weight is 207 g/mol. The Labute approximate surface area is 81.6 Å². The van der Waals surface area contributed by atoms with Crippen LogP contribution >= 0.6 is 11.6 Å². The molecule has 0 amide bonds. The van der Waals surface area contributed by atoms with Gasteiger partial charge in [-0.1, -0.05) is 12.2 Å². The predicted molar refractivity (Wildman–Crippen MR) is 55.1 cm³/mol. The molecule has 1 nitrogen and oxygen atoms in total. The molecule has 1 rings (SSSR count). The van der Waals surface area contributed by atoms with Crippen LogP contribution in [-0.4, -0.2) is 22.1 Å². The topological polar surface area (TPSA) is 17.1 Å². The van der Waals surface area contributed by atoms with Gasteiger partial charge in [-0.05, 0) is 24.7 Å². The lowest BCUT2D eigenvalue weighted by Gasteiger charge is -2.25. The molecular formula is C9H15ClOS. The van der Waals surface area contributed by atoms with Crippen molar-refractivity contribution in [2.75, 3.05) is 17.9 Å². The van der Waals surface area contributed by atoms with Crippen LogP contribution in [0.25, 0.3) is 0 Å². The Hall–Kier alpha value is 0.180. The lowest BCUT2D eigenvalue weighted by Crippen LogP contribution is -2.21. The molecule has 0 fully saturated rings. The first-order chi connectivity index (χ1) is 5.68. The quantitative estimate of drug-likeness (QED) is 0.510. The second-order valence-electron chi connectivity index (χ2n) is 3.54. The van der Waals surface area contributed by atoms with Crippen LogP contribution in [0.3, 0.4) is 0 Å². The van der Waals surface area contributed by atoms with E-state index in [-0.39, 0.29) is 5.41 Å². The molecule has 0 aromatic rings. The molecule has 3 heteroatoms. The molecule has 0 spiro atoms. The molecule has 0 heterocycles. The SMILES string of the molecule is CS(=O)CCC1(CCl)CC=CC1. The summed E-state index contributed by atoms with van der Waals surface area (Å²) in [5.74, 6) is 1.48. The van der Waals surface area contributed by atoms with E-state index < -0.39 is 10.8 Å². The molecule has 1 aliphatic rings. The fourth-order valence-electron chi connectivity index (χ4n) is 1.49. The molecule has 0 aliphatic heterocycles. The van der Waals surface area contributed by atoms with Gasteiger partial charge in [-0.25, -0.2) is 0 Å². The van der Waals surface area contributed by atoms with E-state index in [2.05, 4.69) is 12.2 Å². The van der Waals surface area contributed by atoms with Gasteiger partial charge >= 0.3 is 0 Å². The van der Waals surface area contributed by atoms with Crippen LogP contribution in [0.15, 0.2) is 12.2 Å². The van der Waals surface area contributed by atoms with Gasteiger partial charge in [0.05, 0.1) is 0 Å². The fraction of sp³-hybridized carbons (Fsp3) is 0.778. The van der Waals surface area contributed by atoms with E-state index in [1.54, 1.807) is 6.26 Å². The zero-order chi connectivity index (χ0) is 9.03. The molecule has 0 saturated heterocycles. The highest BCUT2D eigenvalue weighted by molar-refractivity contribution is 7.84. The van der Waals surface area contributed by atoms with Crippen molar-refractivity contribution in [2.45, 2.75) is 19.3 Å². The number of allylic oxidation sites excluding steroid dienone is 2. The first kappa shape index (κ1) is 10.3. The van der Waals surface area contributed by atoms with E-state index in [0.717, 1.165) is 25.0 Å². The van der Waals surface area contributed by atoms with Crippen molar-refractivity contribution in [2.24, 2.45) is 5.41 Å². The fourth-order valence-corrected chi connectivity index (χ4v) is 2.56. The number of halogens is 1. The Bertz CT molecular complexity index is 193. The van der Waals surface area contributed by atoms with Gasteiger partial charge in [-0.2, -0.15) is 0 Å². The summed E-state index contributed by atoms with van der Waals surface area (Å²) in [6.45, 7) is 0. The maximum Gasteiger partial charge on any atom is 0.0286 e. The number of rotatable bonds is 4. The van der Waals surface area contributed by atoms with Crippen LogP contribution in [0.4, 0.5) is 0 Å². The summed E-state index contributed by atoms with van der Waals surface area (Å²) < 4.78 is 10.9. The zero-order valence-corrected chi connectivity index (χ0v) is 8.96. The molecular weight excluding hydrogens is 192 g/mol. The maximum atomic E-state index is 10.9. The normalized spacial score (nSPS) is 22.8. The molecule has 1 atom stereocenters. The van der Waals surface area contributed by atoms with E-state index in [4.69, 9.17) is 11.6 Å². The van der Waals surface area contributed by atoms with Gasteiger partial charge in [0, 0.05) is 28.7 Å². The Balaban J connectivity index is 2.40. The smallest absolute Gasteiger partial charge is 0.0286 e. The molecule has 1 unspecified atom stereocenters. The minimum atomic E-state index is -0.676. The van der Waals surface area contributed by atoms with Gasteiger partial charge in [0.25, 0.3) is 0 Å². The maximum absolute atomic E-state index is 10.9. The van der Waals surface area contributed by atoms with Gasteiger partial charge in [0.1, 0.15) is 0 Å². The van der Waals surface area contributed by atoms with Crippen LogP contribution in [0, 0.1) is 5.41 Å². The second-order valence-corrected chi connectivity index (χ2v) is 5.36. The van der Waals surface area contributed by atoms with Crippen LogP contribution in [0.1, 0.15) is 19.3 Å². The molecule has 0 saturated carbocycles. The summed E-state index contributed by atoms with van der Waals surface area (Å²) in [5.41, 5.74) is 0.229. The number of alkyl halides is 1. The van der Waals surface area contributed by atoms with Crippen molar-refractivity contribution in [3.05, 3.63) is 12.2 Å². The minimum Gasteiger partial charge on any atom is -0.260 e. The molecule has 0 aromatic heterocycles. The van der Waals surface area contributed by atoms with Crippen LogP contribution in [-0.2, 0) is 10.8 Å². The Kier molecular flexibility index (Phi) is 3.78. The lowest BCUT2D eigenvalue weighted by atomic mass is 9.85. The molecule has 0 bridgehead atoms. The molecule has 70 valence electrons. The highest BCUT2D eigenvalue weighted by Gasteiger charge is 2.29. The largest absolute Gasteiger partial charge is 0.260 e. The first-order valence-electron chi connectivity index (χ1n) is 4.19. The average Bonchev–Trinajstić information content (AvgIpc) is 2.50. The van der Waals surface area contributed by atoms with E-state index in [1.807, 2.05) is 0 Å². The van der Waals surface area contributed by atoms with Crippen LogP contribution in [0.2, 0.25) is 0 Å². The van der Waals surface area contributed by atoms with Crippen molar-refractivity contribution in [1.82, 2.24) is 0 Å². The second kappa shape index (κ2) is 4.43. The Morgan fingerprint density at radius 2 is 2.08 bits per heavy atom. The lowest BCUT2D eigenvalue weighted by molar-refractivity contribution is 0.347. The molecule has 0 aromatic carbocycles. The van der Waals surface area contributed by atoms with Crippen molar-refractivity contribution in [3.8, 4) is 0 Å². The Morgan fingerprint density at radius 1 is 1.50 bits per heavy atom. The number of hydrogen-bond donors (Lipinski definition) is 0. The van der Waals surface area contributed by atoms with E-state index >= 15 is 0 Å². The number of hydrogen-bond acceptors (Lipinski definition) is 1. The highest BCUT2D eigenvalue weighted by atomic mass is 35.5. The van der Waals surface area contributed by atoms with Crippen LogP contribution in [0.5, 0.6) is 0 Å². The highest BCUT2D eigenvalue weighted by Crippen LogP contribution is 2.37. The first-order valence-corrected chi connectivity index (χ1v) is 6.46. The molecule has 12 heavy (non-hydrogen) atoms. The zero-order valence-electron chi connectivity index (χ0n) is 7.38. The summed E-state index contributed by atoms with van der Waals surface area (Å²) in [6, 6.07) is 0.